The van der Waals surface area contributed by atoms with Crippen molar-refractivity contribution in [2.45, 2.75) is 6.54 Å². The lowest BCUT2D eigenvalue weighted by Crippen LogP contribution is -2.36. The Kier molecular flexibility index (Phi) is 3.43. The van der Waals surface area contributed by atoms with E-state index in [4.69, 9.17) is 15.0 Å². The first-order chi connectivity index (χ1) is 9.36. The van der Waals surface area contributed by atoms with Gasteiger partial charge < -0.3 is 19.9 Å². The van der Waals surface area contributed by atoms with Crippen LogP contribution in [-0.2, 0) is 11.3 Å². The Balaban J connectivity index is 1.78. The van der Waals surface area contributed by atoms with E-state index in [-0.39, 0.29) is 6.54 Å². The molecule has 1 aliphatic rings. The predicted molar refractivity (Wildman–Crippen MR) is 70.7 cm³/mol. The molecule has 0 radical (unpaired) electrons. The lowest BCUT2D eigenvalue weighted by molar-refractivity contribution is 0.122. The van der Waals surface area contributed by atoms with E-state index in [2.05, 4.69) is 27.2 Å². The smallest absolute Gasteiger partial charge is 0.240 e. The maximum Gasteiger partial charge on any atom is 0.240 e. The van der Waals surface area contributed by atoms with E-state index in [9.17, 15) is 0 Å². The Morgan fingerprint density at radius 1 is 1.16 bits per heavy atom. The summed E-state index contributed by atoms with van der Waals surface area (Å²) in [4.78, 5) is 6.51. The third kappa shape index (κ3) is 2.59. The van der Waals surface area contributed by atoms with Crippen LogP contribution in [0.1, 0.15) is 5.89 Å². The van der Waals surface area contributed by atoms with Crippen molar-refractivity contribution >= 4 is 5.69 Å². The molecule has 19 heavy (non-hydrogen) atoms. The number of hydrogen-bond acceptors (Lipinski definition) is 6. The van der Waals surface area contributed by atoms with Gasteiger partial charge in [0.25, 0.3) is 0 Å². The Hall–Kier alpha value is -1.92. The van der Waals surface area contributed by atoms with Gasteiger partial charge in [-0.15, -0.1) is 0 Å². The molecule has 2 aromatic rings. The number of nitrogens with two attached hydrogens (primary N) is 1. The van der Waals surface area contributed by atoms with Crippen molar-refractivity contribution in [2.75, 3.05) is 31.2 Å². The normalized spacial score (nSPS) is 15.7. The maximum atomic E-state index is 5.45. The minimum atomic E-state index is 0.263. The third-order valence-corrected chi connectivity index (χ3v) is 3.14. The van der Waals surface area contributed by atoms with Crippen LogP contribution in [0, 0.1) is 0 Å². The molecule has 2 heterocycles. The van der Waals surface area contributed by atoms with E-state index >= 15 is 0 Å². The van der Waals surface area contributed by atoms with Crippen LogP contribution in [0.5, 0.6) is 0 Å². The van der Waals surface area contributed by atoms with Gasteiger partial charge in [-0.3, -0.25) is 0 Å². The third-order valence-electron chi connectivity index (χ3n) is 3.14. The maximum absolute atomic E-state index is 5.45. The molecule has 1 saturated heterocycles. The fourth-order valence-corrected chi connectivity index (χ4v) is 2.10. The van der Waals surface area contributed by atoms with E-state index in [1.165, 1.54) is 5.69 Å². The molecule has 0 bridgehead atoms. The van der Waals surface area contributed by atoms with Gasteiger partial charge in [-0.05, 0) is 24.3 Å². The summed E-state index contributed by atoms with van der Waals surface area (Å²) in [6, 6.07) is 8.13. The minimum absolute atomic E-state index is 0.263. The molecule has 0 saturated carbocycles. The number of aromatic nitrogens is 2. The Bertz CT molecular complexity index is 532. The summed E-state index contributed by atoms with van der Waals surface area (Å²) in [5, 5.41) is 3.90. The standard InChI is InChI=1S/C13H16N4O2/c14-9-12-15-13(16-19-12)10-1-3-11(4-2-10)17-5-7-18-8-6-17/h1-4H,5-9,14H2. The second-order valence-electron chi connectivity index (χ2n) is 4.36. The molecular formula is C13H16N4O2. The fourth-order valence-electron chi connectivity index (χ4n) is 2.10. The van der Waals surface area contributed by atoms with Crippen molar-refractivity contribution in [1.82, 2.24) is 10.1 Å². The summed E-state index contributed by atoms with van der Waals surface area (Å²) in [6.45, 7) is 3.69. The monoisotopic (exact) mass is 260 g/mol. The van der Waals surface area contributed by atoms with E-state index in [1.54, 1.807) is 0 Å². The zero-order valence-electron chi connectivity index (χ0n) is 10.6. The van der Waals surface area contributed by atoms with Crippen molar-refractivity contribution in [3.8, 4) is 11.4 Å². The molecule has 2 N–H and O–H groups in total. The molecule has 6 heteroatoms. The van der Waals surface area contributed by atoms with E-state index in [0.29, 0.717) is 11.7 Å². The second-order valence-corrected chi connectivity index (χ2v) is 4.36. The molecular weight excluding hydrogens is 244 g/mol. The van der Waals surface area contributed by atoms with Crippen LogP contribution >= 0.6 is 0 Å². The Morgan fingerprint density at radius 3 is 2.53 bits per heavy atom. The lowest BCUT2D eigenvalue weighted by atomic mass is 10.2. The molecule has 0 unspecified atom stereocenters. The summed E-state index contributed by atoms with van der Waals surface area (Å²) < 4.78 is 10.3. The number of rotatable bonds is 3. The second kappa shape index (κ2) is 5.38. The average molecular weight is 260 g/mol. The molecule has 1 aromatic carbocycles. The highest BCUT2D eigenvalue weighted by Crippen LogP contribution is 2.21. The SMILES string of the molecule is NCc1nc(-c2ccc(N3CCOCC3)cc2)no1. The van der Waals surface area contributed by atoms with Gasteiger partial charge >= 0.3 is 0 Å². The first-order valence-corrected chi connectivity index (χ1v) is 6.32. The number of nitrogens with zero attached hydrogens (tertiary/aromatic N) is 3. The van der Waals surface area contributed by atoms with Crippen molar-refractivity contribution in [3.63, 3.8) is 0 Å². The molecule has 0 amide bonds. The highest BCUT2D eigenvalue weighted by molar-refractivity contribution is 5.60. The van der Waals surface area contributed by atoms with Gasteiger partial charge in [0.15, 0.2) is 0 Å². The summed E-state index contributed by atoms with van der Waals surface area (Å²) in [5.41, 5.74) is 7.57. The van der Waals surface area contributed by atoms with Gasteiger partial charge in [-0.1, -0.05) is 5.16 Å². The van der Waals surface area contributed by atoms with Crippen LogP contribution in [0.25, 0.3) is 11.4 Å². The van der Waals surface area contributed by atoms with Crippen LogP contribution in [0.2, 0.25) is 0 Å². The first kappa shape index (κ1) is 12.1. The summed E-state index contributed by atoms with van der Waals surface area (Å²) in [6.07, 6.45) is 0. The number of morpholine rings is 1. The average Bonchev–Trinajstić information content (AvgIpc) is 2.97. The lowest BCUT2D eigenvalue weighted by Gasteiger charge is -2.28. The Morgan fingerprint density at radius 2 is 1.89 bits per heavy atom. The van der Waals surface area contributed by atoms with Crippen molar-refractivity contribution in [3.05, 3.63) is 30.2 Å². The first-order valence-electron chi connectivity index (χ1n) is 6.32. The summed E-state index contributed by atoms with van der Waals surface area (Å²) in [7, 11) is 0. The van der Waals surface area contributed by atoms with Crippen LogP contribution in [0.4, 0.5) is 5.69 Å². The molecule has 0 spiro atoms. The van der Waals surface area contributed by atoms with Gasteiger partial charge in [0.2, 0.25) is 11.7 Å². The highest BCUT2D eigenvalue weighted by Gasteiger charge is 2.12. The van der Waals surface area contributed by atoms with Crippen LogP contribution < -0.4 is 10.6 Å². The van der Waals surface area contributed by atoms with Gasteiger partial charge in [0.1, 0.15) is 0 Å². The van der Waals surface area contributed by atoms with Crippen molar-refractivity contribution in [2.24, 2.45) is 5.73 Å². The number of anilines is 1. The zero-order chi connectivity index (χ0) is 13.1. The summed E-state index contributed by atoms with van der Waals surface area (Å²) in [5.74, 6) is 1.03. The molecule has 3 rings (SSSR count). The molecule has 6 nitrogen and oxygen atoms in total. The topological polar surface area (TPSA) is 77.4 Å². The zero-order valence-corrected chi connectivity index (χ0v) is 10.6. The number of ether oxygens (including phenoxy) is 1. The van der Waals surface area contributed by atoms with Crippen molar-refractivity contribution < 1.29 is 9.26 Å². The molecule has 0 aliphatic carbocycles. The van der Waals surface area contributed by atoms with Gasteiger partial charge in [-0.2, -0.15) is 4.98 Å². The van der Waals surface area contributed by atoms with Gasteiger partial charge in [0.05, 0.1) is 19.8 Å². The molecule has 1 fully saturated rings. The van der Waals surface area contributed by atoms with Crippen LogP contribution in [0.3, 0.4) is 0 Å². The molecule has 100 valence electrons. The van der Waals surface area contributed by atoms with Crippen LogP contribution in [-0.4, -0.2) is 36.4 Å². The van der Waals surface area contributed by atoms with Crippen LogP contribution in [0.15, 0.2) is 28.8 Å². The summed E-state index contributed by atoms with van der Waals surface area (Å²) >= 11 is 0. The van der Waals surface area contributed by atoms with Crippen molar-refractivity contribution in [1.29, 1.82) is 0 Å². The molecule has 1 aliphatic heterocycles. The minimum Gasteiger partial charge on any atom is -0.378 e. The number of benzene rings is 1. The van der Waals surface area contributed by atoms with E-state index in [1.807, 2.05) is 12.1 Å². The largest absolute Gasteiger partial charge is 0.378 e. The van der Waals surface area contributed by atoms with Gasteiger partial charge in [-0.25, -0.2) is 0 Å². The predicted octanol–water partition coefficient (Wildman–Crippen LogP) is 1.03. The van der Waals surface area contributed by atoms with Gasteiger partial charge in [0, 0.05) is 24.3 Å². The quantitative estimate of drug-likeness (QED) is 0.888. The fraction of sp³-hybridized carbons (Fsp3) is 0.385. The number of hydrogen-bond donors (Lipinski definition) is 1. The van der Waals surface area contributed by atoms with E-state index < -0.39 is 0 Å². The Labute approximate surface area is 111 Å². The highest BCUT2D eigenvalue weighted by atomic mass is 16.5. The van der Waals surface area contributed by atoms with E-state index in [0.717, 1.165) is 31.9 Å². The molecule has 0 atom stereocenters. The molecule has 1 aromatic heterocycles.